The highest BCUT2D eigenvalue weighted by molar-refractivity contribution is 8.03. The molecule has 2 aromatic rings. The molecule has 0 aromatic heterocycles. The van der Waals surface area contributed by atoms with Crippen LogP contribution in [0, 0.1) is 18.3 Å². The van der Waals surface area contributed by atoms with Crippen molar-refractivity contribution in [2.45, 2.75) is 19.3 Å². The summed E-state index contributed by atoms with van der Waals surface area (Å²) in [5.41, 5.74) is 4.06. The summed E-state index contributed by atoms with van der Waals surface area (Å²) in [5.74, 6) is 0.671. The molecule has 130 valence electrons. The van der Waals surface area contributed by atoms with Gasteiger partial charge in [-0.15, -0.1) is 0 Å². The second kappa shape index (κ2) is 6.89. The van der Waals surface area contributed by atoms with Crippen LogP contribution in [0.3, 0.4) is 0 Å². The summed E-state index contributed by atoms with van der Waals surface area (Å²) >= 11 is 1.58. The number of benzene rings is 2. The average molecular weight is 361 g/mol. The van der Waals surface area contributed by atoms with E-state index in [2.05, 4.69) is 42.2 Å². The van der Waals surface area contributed by atoms with Gasteiger partial charge in [0, 0.05) is 18.0 Å². The molecule has 0 saturated carbocycles. The summed E-state index contributed by atoms with van der Waals surface area (Å²) < 4.78 is 0. The molecule has 0 bridgehead atoms. The van der Waals surface area contributed by atoms with Crippen LogP contribution < -0.4 is 4.90 Å². The molecule has 4 nitrogen and oxygen atoms in total. The Balaban J connectivity index is 1.66. The van der Waals surface area contributed by atoms with Crippen molar-refractivity contribution in [2.24, 2.45) is 0 Å². The van der Waals surface area contributed by atoms with Gasteiger partial charge in [0.1, 0.15) is 0 Å². The van der Waals surface area contributed by atoms with Gasteiger partial charge < -0.3 is 4.90 Å². The van der Waals surface area contributed by atoms with Crippen molar-refractivity contribution in [3.8, 4) is 6.07 Å². The van der Waals surface area contributed by atoms with Gasteiger partial charge in [0.25, 0.3) is 0 Å². The zero-order valence-electron chi connectivity index (χ0n) is 14.6. The number of hydrogen-bond donors (Lipinski definition) is 0. The highest BCUT2D eigenvalue weighted by atomic mass is 32.2. The molecule has 5 heteroatoms. The molecular formula is C21H19N3OS. The molecule has 2 aliphatic rings. The lowest BCUT2D eigenvalue weighted by Gasteiger charge is -2.42. The van der Waals surface area contributed by atoms with Gasteiger partial charge in [-0.25, -0.2) is 0 Å². The lowest BCUT2D eigenvalue weighted by Crippen LogP contribution is -2.47. The molecule has 0 aliphatic carbocycles. The van der Waals surface area contributed by atoms with Gasteiger partial charge in [-0.05, 0) is 24.6 Å². The first-order valence-corrected chi connectivity index (χ1v) is 9.60. The van der Waals surface area contributed by atoms with E-state index in [4.69, 9.17) is 0 Å². The molecule has 2 aliphatic heterocycles. The predicted molar refractivity (Wildman–Crippen MR) is 104 cm³/mol. The largest absolute Gasteiger partial charge is 0.344 e. The fraction of sp³-hybridized carbons (Fsp3) is 0.238. The SMILES string of the molecule is Cc1ccc(N2CSC3=C(C#N)C(c4ccccc4)CC(=O)N3C2)cc1. The van der Waals surface area contributed by atoms with Crippen LogP contribution in [-0.4, -0.2) is 23.4 Å². The van der Waals surface area contributed by atoms with Crippen LogP contribution in [0.4, 0.5) is 5.69 Å². The van der Waals surface area contributed by atoms with Crippen molar-refractivity contribution in [3.63, 3.8) is 0 Å². The number of rotatable bonds is 2. The van der Waals surface area contributed by atoms with Gasteiger partial charge in [0.05, 0.1) is 29.2 Å². The van der Waals surface area contributed by atoms with Crippen LogP contribution >= 0.6 is 11.8 Å². The lowest BCUT2D eigenvalue weighted by molar-refractivity contribution is -0.129. The van der Waals surface area contributed by atoms with E-state index in [0.29, 0.717) is 18.7 Å². The van der Waals surface area contributed by atoms with Crippen molar-refractivity contribution < 1.29 is 4.79 Å². The minimum Gasteiger partial charge on any atom is -0.344 e. The third-order valence-electron chi connectivity index (χ3n) is 4.89. The van der Waals surface area contributed by atoms with Gasteiger partial charge in [0.2, 0.25) is 5.91 Å². The van der Waals surface area contributed by atoms with Crippen LogP contribution in [0.5, 0.6) is 0 Å². The van der Waals surface area contributed by atoms with E-state index in [0.717, 1.165) is 22.2 Å². The maximum Gasteiger partial charge on any atom is 0.229 e. The van der Waals surface area contributed by atoms with Crippen molar-refractivity contribution in [2.75, 3.05) is 17.4 Å². The van der Waals surface area contributed by atoms with Crippen LogP contribution in [0.15, 0.2) is 65.2 Å². The van der Waals surface area contributed by atoms with E-state index in [9.17, 15) is 10.1 Å². The fourth-order valence-corrected chi connectivity index (χ4v) is 4.62. The van der Waals surface area contributed by atoms with Crippen molar-refractivity contribution in [1.82, 2.24) is 4.90 Å². The Morgan fingerprint density at radius 1 is 1.12 bits per heavy atom. The van der Waals surface area contributed by atoms with Crippen molar-refractivity contribution >= 4 is 23.4 Å². The third kappa shape index (κ3) is 2.97. The molecular weight excluding hydrogens is 342 g/mol. The van der Waals surface area contributed by atoms with E-state index in [1.54, 1.807) is 16.7 Å². The summed E-state index contributed by atoms with van der Waals surface area (Å²) in [7, 11) is 0. The Morgan fingerprint density at radius 2 is 1.85 bits per heavy atom. The highest BCUT2D eigenvalue weighted by Crippen LogP contribution is 2.43. The normalized spacial score (nSPS) is 20.0. The number of anilines is 1. The van der Waals surface area contributed by atoms with Gasteiger partial charge in [-0.3, -0.25) is 9.69 Å². The molecule has 26 heavy (non-hydrogen) atoms. The molecule has 0 radical (unpaired) electrons. The maximum absolute atomic E-state index is 12.8. The summed E-state index contributed by atoms with van der Waals surface area (Å²) in [6.07, 6.45) is 0.346. The molecule has 1 fully saturated rings. The Bertz CT molecular complexity index is 899. The number of hydrogen-bond acceptors (Lipinski definition) is 4. The number of allylic oxidation sites excluding steroid dienone is 1. The molecule has 1 atom stereocenters. The Labute approximate surface area is 157 Å². The zero-order chi connectivity index (χ0) is 18.1. The molecule has 1 unspecified atom stereocenters. The number of thioether (sulfide) groups is 1. The number of aryl methyl sites for hydroxylation is 1. The van der Waals surface area contributed by atoms with Crippen LogP contribution in [0.2, 0.25) is 0 Å². The second-order valence-corrected chi connectivity index (χ2v) is 7.54. The third-order valence-corrected chi connectivity index (χ3v) is 6.05. The van der Waals surface area contributed by atoms with Gasteiger partial charge in [-0.2, -0.15) is 5.26 Å². The molecule has 2 aromatic carbocycles. The summed E-state index contributed by atoms with van der Waals surface area (Å²) in [5, 5.41) is 10.6. The minimum atomic E-state index is -0.140. The maximum atomic E-state index is 12.8. The van der Waals surface area contributed by atoms with Crippen LogP contribution in [-0.2, 0) is 4.79 Å². The van der Waals surface area contributed by atoms with E-state index >= 15 is 0 Å². The highest BCUT2D eigenvalue weighted by Gasteiger charge is 2.38. The molecule has 0 spiro atoms. The first-order valence-electron chi connectivity index (χ1n) is 8.61. The first-order chi connectivity index (χ1) is 12.7. The molecule has 1 amide bonds. The summed E-state index contributed by atoms with van der Waals surface area (Å²) in [6, 6.07) is 20.6. The summed E-state index contributed by atoms with van der Waals surface area (Å²) in [4.78, 5) is 16.8. The number of carbonyl (C=O) groups excluding carboxylic acids is 1. The predicted octanol–water partition coefficient (Wildman–Crippen LogP) is 4.21. The topological polar surface area (TPSA) is 47.3 Å². The molecule has 4 rings (SSSR count). The van der Waals surface area contributed by atoms with Gasteiger partial charge in [0.15, 0.2) is 0 Å². The van der Waals surface area contributed by atoms with Crippen LogP contribution in [0.25, 0.3) is 0 Å². The van der Waals surface area contributed by atoms with Gasteiger partial charge >= 0.3 is 0 Å². The van der Waals surface area contributed by atoms with E-state index < -0.39 is 0 Å². The Kier molecular flexibility index (Phi) is 4.44. The lowest BCUT2D eigenvalue weighted by atomic mass is 9.86. The van der Waals surface area contributed by atoms with E-state index in [-0.39, 0.29) is 11.8 Å². The number of nitrogens with zero attached hydrogens (tertiary/aromatic N) is 3. The monoisotopic (exact) mass is 361 g/mol. The molecule has 2 heterocycles. The number of amides is 1. The van der Waals surface area contributed by atoms with Gasteiger partial charge in [-0.1, -0.05) is 59.8 Å². The number of carbonyl (C=O) groups is 1. The summed E-state index contributed by atoms with van der Waals surface area (Å²) in [6.45, 7) is 2.56. The number of nitriles is 1. The standard InChI is InChI=1S/C21H19N3OS/c1-15-7-9-17(10-8-15)23-13-24-20(25)11-18(16-5-3-2-4-6-16)19(12-22)21(24)26-14-23/h2-10,18H,11,13-14H2,1H3. The average Bonchev–Trinajstić information content (AvgIpc) is 2.69. The quantitative estimate of drug-likeness (QED) is 0.804. The van der Waals surface area contributed by atoms with Crippen LogP contribution in [0.1, 0.15) is 23.5 Å². The smallest absolute Gasteiger partial charge is 0.229 e. The van der Waals surface area contributed by atoms with E-state index in [1.807, 2.05) is 30.3 Å². The van der Waals surface area contributed by atoms with Crippen molar-refractivity contribution in [1.29, 1.82) is 5.26 Å². The first kappa shape index (κ1) is 16.7. The fourth-order valence-electron chi connectivity index (χ4n) is 3.45. The van der Waals surface area contributed by atoms with Crippen molar-refractivity contribution in [3.05, 3.63) is 76.3 Å². The molecule has 1 saturated heterocycles. The van der Waals surface area contributed by atoms with E-state index in [1.165, 1.54) is 5.56 Å². The zero-order valence-corrected chi connectivity index (χ0v) is 15.4. The Hall–Kier alpha value is -2.71. The number of fused-ring (bicyclic) bond motifs is 1. The second-order valence-electron chi connectivity index (χ2n) is 6.61. The Morgan fingerprint density at radius 3 is 2.54 bits per heavy atom. The molecule has 0 N–H and O–H groups in total. The minimum absolute atomic E-state index is 0.0807.